The van der Waals surface area contributed by atoms with Crippen LogP contribution in [0.15, 0.2) is 0 Å². The topological polar surface area (TPSA) is 12.5 Å². The van der Waals surface area contributed by atoms with E-state index in [0.29, 0.717) is 12.1 Å². The molecule has 0 aromatic rings. The molecule has 0 aliphatic heterocycles. The van der Waals surface area contributed by atoms with E-state index in [-0.39, 0.29) is 0 Å². The fraction of sp³-hybridized carbons (Fsp3) is 1.00. The van der Waals surface area contributed by atoms with Crippen molar-refractivity contribution in [1.29, 1.82) is 0 Å². The van der Waals surface area contributed by atoms with Crippen molar-refractivity contribution >= 4 is 0 Å². The molecule has 82 valence electrons. The van der Waals surface area contributed by atoms with Gasteiger partial charge in [0.15, 0.2) is 0 Å². The molecule has 0 aromatic carbocycles. The minimum Gasteiger partial charge on any atom is -0.380 e. The third kappa shape index (κ3) is 6.05. The van der Waals surface area contributed by atoms with Gasteiger partial charge in [-0.25, -0.2) is 0 Å². The predicted octanol–water partition coefficient (Wildman–Crippen LogP) is 2.78. The van der Waals surface area contributed by atoms with Gasteiger partial charge in [-0.05, 0) is 26.9 Å². The number of likely N-dealkylation sites (N-methyl/N-ethyl adjacent to an activating group) is 1. The van der Waals surface area contributed by atoms with E-state index in [2.05, 4.69) is 32.6 Å². The van der Waals surface area contributed by atoms with E-state index in [9.17, 15) is 0 Å². The second-order valence-electron chi connectivity index (χ2n) is 2.90. The van der Waals surface area contributed by atoms with Gasteiger partial charge in [0, 0.05) is 13.2 Å². The highest BCUT2D eigenvalue weighted by atomic mass is 16.5. The summed E-state index contributed by atoms with van der Waals surface area (Å²) < 4.78 is 5.25. The Hall–Kier alpha value is -0.0800. The summed E-state index contributed by atoms with van der Waals surface area (Å²) in [5.74, 6) is 0. The number of nitrogens with zero attached hydrogens (tertiary/aromatic N) is 1. The largest absolute Gasteiger partial charge is 0.380 e. The van der Waals surface area contributed by atoms with Crippen LogP contribution < -0.4 is 0 Å². The molecule has 0 aliphatic rings. The molecule has 0 spiro atoms. The zero-order valence-electron chi connectivity index (χ0n) is 10.4. The van der Waals surface area contributed by atoms with Gasteiger partial charge in [0.1, 0.15) is 0 Å². The standard InChI is InChI=1S/C9H21NO.C2H6/c1-6-10(7-2)8(3)9(4)11-5;1-2/h8-9H,6-7H2,1-5H3;1-2H3/t8-,9?;/m1./s1. The van der Waals surface area contributed by atoms with E-state index in [1.165, 1.54) is 0 Å². The minimum absolute atomic E-state index is 0.329. The van der Waals surface area contributed by atoms with Crippen LogP contribution in [0.1, 0.15) is 41.5 Å². The molecule has 0 amide bonds. The molecule has 1 unspecified atom stereocenters. The number of hydrogen-bond donors (Lipinski definition) is 0. The highest BCUT2D eigenvalue weighted by Gasteiger charge is 2.16. The van der Waals surface area contributed by atoms with E-state index >= 15 is 0 Å². The molecule has 2 nitrogen and oxygen atoms in total. The zero-order valence-corrected chi connectivity index (χ0v) is 10.4. The summed E-state index contributed by atoms with van der Waals surface area (Å²) in [4.78, 5) is 2.40. The van der Waals surface area contributed by atoms with E-state index < -0.39 is 0 Å². The third-order valence-electron chi connectivity index (χ3n) is 2.44. The maximum Gasteiger partial charge on any atom is 0.0695 e. The first kappa shape index (κ1) is 15.4. The first-order valence-electron chi connectivity index (χ1n) is 5.44. The normalized spacial score (nSPS) is 14.8. The molecule has 2 heteroatoms. The van der Waals surface area contributed by atoms with Crippen molar-refractivity contribution in [2.75, 3.05) is 20.2 Å². The van der Waals surface area contributed by atoms with Crippen LogP contribution in [0.5, 0.6) is 0 Å². The van der Waals surface area contributed by atoms with Crippen molar-refractivity contribution in [3.8, 4) is 0 Å². The number of methoxy groups -OCH3 is 1. The summed E-state index contributed by atoms with van der Waals surface area (Å²) in [6.07, 6.45) is 0.329. The van der Waals surface area contributed by atoms with Crippen LogP contribution in [0.4, 0.5) is 0 Å². The van der Waals surface area contributed by atoms with Crippen LogP contribution in [0.3, 0.4) is 0 Å². The molecular weight excluding hydrogens is 162 g/mol. The number of hydrogen-bond acceptors (Lipinski definition) is 2. The fourth-order valence-electron chi connectivity index (χ4n) is 1.29. The van der Waals surface area contributed by atoms with Gasteiger partial charge >= 0.3 is 0 Å². The second kappa shape index (κ2) is 10.0. The molecule has 13 heavy (non-hydrogen) atoms. The molecule has 0 rings (SSSR count). The van der Waals surface area contributed by atoms with Gasteiger partial charge in [-0.15, -0.1) is 0 Å². The van der Waals surface area contributed by atoms with Gasteiger partial charge in [-0.3, -0.25) is 4.90 Å². The van der Waals surface area contributed by atoms with E-state index in [4.69, 9.17) is 4.74 Å². The summed E-state index contributed by atoms with van der Waals surface area (Å²) in [5.41, 5.74) is 0. The molecule has 0 N–H and O–H groups in total. The lowest BCUT2D eigenvalue weighted by atomic mass is 10.2. The molecule has 0 fully saturated rings. The summed E-state index contributed by atoms with van der Waals surface area (Å²) >= 11 is 0. The van der Waals surface area contributed by atoms with Crippen LogP contribution in [0, 0.1) is 0 Å². The SMILES string of the molecule is CC.CCN(CC)[C@H](C)C(C)OC. The summed E-state index contributed by atoms with van der Waals surface area (Å²) in [5, 5.41) is 0. The Morgan fingerprint density at radius 1 is 1.08 bits per heavy atom. The Morgan fingerprint density at radius 3 is 1.69 bits per heavy atom. The molecule has 0 bridgehead atoms. The molecule has 0 saturated heterocycles. The monoisotopic (exact) mass is 189 g/mol. The number of rotatable bonds is 5. The maximum absolute atomic E-state index is 5.25. The summed E-state index contributed by atoms with van der Waals surface area (Å²) in [6, 6.07) is 0.523. The maximum atomic E-state index is 5.25. The van der Waals surface area contributed by atoms with Crippen LogP contribution in [-0.2, 0) is 4.74 Å². The Kier molecular flexibility index (Phi) is 11.8. The first-order chi connectivity index (χ1) is 6.17. The Bertz CT molecular complexity index is 92.1. The van der Waals surface area contributed by atoms with Crippen molar-refractivity contribution < 1.29 is 4.74 Å². The summed E-state index contributed by atoms with van der Waals surface area (Å²) in [7, 11) is 1.77. The highest BCUT2D eigenvalue weighted by Crippen LogP contribution is 2.05. The molecule has 0 saturated carbocycles. The van der Waals surface area contributed by atoms with Gasteiger partial charge in [0.05, 0.1) is 6.10 Å². The van der Waals surface area contributed by atoms with Gasteiger partial charge < -0.3 is 4.74 Å². The average Bonchev–Trinajstić information content (AvgIpc) is 2.21. The summed E-state index contributed by atoms with van der Waals surface area (Å²) in [6.45, 7) is 14.9. The third-order valence-corrected chi connectivity index (χ3v) is 2.44. The Balaban J connectivity index is 0. The second-order valence-corrected chi connectivity index (χ2v) is 2.90. The lowest BCUT2D eigenvalue weighted by molar-refractivity contribution is 0.0376. The van der Waals surface area contributed by atoms with Gasteiger partial charge in [0.2, 0.25) is 0 Å². The number of ether oxygens (including phenoxy) is 1. The quantitative estimate of drug-likeness (QED) is 0.659. The van der Waals surface area contributed by atoms with Crippen molar-refractivity contribution in [1.82, 2.24) is 4.90 Å². The van der Waals surface area contributed by atoms with Crippen molar-refractivity contribution in [2.24, 2.45) is 0 Å². The van der Waals surface area contributed by atoms with Crippen LogP contribution in [-0.4, -0.2) is 37.2 Å². The predicted molar refractivity (Wildman–Crippen MR) is 60.2 cm³/mol. The highest BCUT2D eigenvalue weighted by molar-refractivity contribution is 4.70. The van der Waals surface area contributed by atoms with Crippen LogP contribution >= 0.6 is 0 Å². The van der Waals surface area contributed by atoms with E-state index in [0.717, 1.165) is 13.1 Å². The van der Waals surface area contributed by atoms with Gasteiger partial charge in [-0.2, -0.15) is 0 Å². The van der Waals surface area contributed by atoms with Gasteiger partial charge in [-0.1, -0.05) is 27.7 Å². The Labute approximate surface area is 84.3 Å². The van der Waals surface area contributed by atoms with E-state index in [1.807, 2.05) is 13.8 Å². The van der Waals surface area contributed by atoms with Gasteiger partial charge in [0.25, 0.3) is 0 Å². The Morgan fingerprint density at radius 2 is 1.46 bits per heavy atom. The molecule has 0 aliphatic carbocycles. The smallest absolute Gasteiger partial charge is 0.0695 e. The lowest BCUT2D eigenvalue weighted by Gasteiger charge is -2.30. The van der Waals surface area contributed by atoms with Crippen LogP contribution in [0.2, 0.25) is 0 Å². The first-order valence-corrected chi connectivity index (χ1v) is 5.44. The lowest BCUT2D eigenvalue weighted by Crippen LogP contribution is -2.40. The minimum atomic E-state index is 0.329. The molecule has 0 radical (unpaired) electrons. The van der Waals surface area contributed by atoms with Crippen LogP contribution in [0.25, 0.3) is 0 Å². The molecule has 0 heterocycles. The fourth-order valence-corrected chi connectivity index (χ4v) is 1.29. The molecular formula is C11H27NO. The van der Waals surface area contributed by atoms with E-state index in [1.54, 1.807) is 7.11 Å². The zero-order chi connectivity index (χ0) is 10.9. The average molecular weight is 189 g/mol. The molecule has 2 atom stereocenters. The molecule has 0 aromatic heterocycles. The van der Waals surface area contributed by atoms with Crippen molar-refractivity contribution in [2.45, 2.75) is 53.7 Å². The van der Waals surface area contributed by atoms with Crippen molar-refractivity contribution in [3.05, 3.63) is 0 Å². The van der Waals surface area contributed by atoms with Crippen molar-refractivity contribution in [3.63, 3.8) is 0 Å².